The lowest BCUT2D eigenvalue weighted by molar-refractivity contribution is -0.146. The number of rotatable bonds is 5. The standard InChI is InChI=1S/C14H20N2O3S/c1-10-7-16(8-12(10)14(18)19-2)9-13(17)15-6-11-4-3-5-20-11/h3-5,10,12H,6-9H2,1-2H3,(H,15,17). The second kappa shape index (κ2) is 6.85. The Morgan fingerprint density at radius 1 is 1.50 bits per heavy atom. The monoisotopic (exact) mass is 296 g/mol. The highest BCUT2D eigenvalue weighted by molar-refractivity contribution is 7.09. The van der Waals surface area contributed by atoms with Gasteiger partial charge in [0.05, 0.1) is 26.1 Å². The summed E-state index contributed by atoms with van der Waals surface area (Å²) in [6.07, 6.45) is 0. The number of carbonyl (C=O) groups excluding carboxylic acids is 2. The molecule has 1 aromatic rings. The molecule has 5 nitrogen and oxygen atoms in total. The van der Waals surface area contributed by atoms with Crippen molar-refractivity contribution in [3.05, 3.63) is 22.4 Å². The summed E-state index contributed by atoms with van der Waals surface area (Å²) >= 11 is 1.63. The molecule has 2 rings (SSSR count). The van der Waals surface area contributed by atoms with Gasteiger partial charge in [-0.2, -0.15) is 0 Å². The molecule has 6 heteroatoms. The average Bonchev–Trinajstić information content (AvgIpc) is 3.05. The Labute approximate surface area is 122 Å². The number of nitrogens with zero attached hydrogens (tertiary/aromatic N) is 1. The molecule has 1 aliphatic heterocycles. The SMILES string of the molecule is COC(=O)C1CN(CC(=O)NCc2cccs2)CC1C. The van der Waals surface area contributed by atoms with Crippen LogP contribution in [0.2, 0.25) is 0 Å². The van der Waals surface area contributed by atoms with Crippen LogP contribution in [0.4, 0.5) is 0 Å². The molecule has 1 amide bonds. The molecule has 0 aromatic carbocycles. The first-order chi connectivity index (χ1) is 9.60. The van der Waals surface area contributed by atoms with Crippen LogP contribution in [-0.4, -0.2) is 43.5 Å². The van der Waals surface area contributed by atoms with E-state index in [1.165, 1.54) is 7.11 Å². The van der Waals surface area contributed by atoms with Gasteiger partial charge in [-0.05, 0) is 17.4 Å². The van der Waals surface area contributed by atoms with Gasteiger partial charge in [-0.1, -0.05) is 13.0 Å². The number of likely N-dealkylation sites (tertiary alicyclic amines) is 1. The predicted molar refractivity (Wildman–Crippen MR) is 77.3 cm³/mol. The third-order valence-corrected chi connectivity index (χ3v) is 4.48. The lowest BCUT2D eigenvalue weighted by Crippen LogP contribution is -2.36. The third-order valence-electron chi connectivity index (χ3n) is 3.60. The molecule has 0 aliphatic carbocycles. The van der Waals surface area contributed by atoms with Crippen molar-refractivity contribution in [3.8, 4) is 0 Å². The number of nitrogens with one attached hydrogen (secondary N) is 1. The number of esters is 1. The van der Waals surface area contributed by atoms with Gasteiger partial charge in [0.2, 0.25) is 5.91 Å². The van der Waals surface area contributed by atoms with Crippen LogP contribution in [0.1, 0.15) is 11.8 Å². The van der Waals surface area contributed by atoms with Crippen molar-refractivity contribution < 1.29 is 14.3 Å². The Hall–Kier alpha value is -1.40. The molecule has 2 heterocycles. The van der Waals surface area contributed by atoms with Gasteiger partial charge in [-0.25, -0.2) is 0 Å². The van der Waals surface area contributed by atoms with Gasteiger partial charge in [-0.15, -0.1) is 11.3 Å². The lowest BCUT2D eigenvalue weighted by Gasteiger charge is -2.14. The van der Waals surface area contributed by atoms with Crippen molar-refractivity contribution >= 4 is 23.2 Å². The number of thiophene rings is 1. The summed E-state index contributed by atoms with van der Waals surface area (Å²) in [4.78, 5) is 26.6. The molecule has 0 saturated carbocycles. The van der Waals surface area contributed by atoms with Crippen LogP contribution in [0.5, 0.6) is 0 Å². The smallest absolute Gasteiger partial charge is 0.310 e. The molecule has 0 radical (unpaired) electrons. The van der Waals surface area contributed by atoms with Crippen molar-refractivity contribution in [3.63, 3.8) is 0 Å². The maximum atomic E-state index is 11.9. The molecule has 1 aliphatic rings. The van der Waals surface area contributed by atoms with E-state index >= 15 is 0 Å². The van der Waals surface area contributed by atoms with E-state index < -0.39 is 0 Å². The van der Waals surface area contributed by atoms with Crippen LogP contribution < -0.4 is 5.32 Å². The molecule has 1 fully saturated rings. The first kappa shape index (κ1) is 15.0. The normalized spacial score (nSPS) is 22.7. The molecule has 1 aromatic heterocycles. The maximum absolute atomic E-state index is 11.9. The van der Waals surface area contributed by atoms with Gasteiger partial charge in [0, 0.05) is 18.0 Å². The second-order valence-corrected chi connectivity index (χ2v) is 6.19. The molecular weight excluding hydrogens is 276 g/mol. The summed E-state index contributed by atoms with van der Waals surface area (Å²) in [5.41, 5.74) is 0. The van der Waals surface area contributed by atoms with Crippen LogP contribution in [-0.2, 0) is 20.9 Å². The topological polar surface area (TPSA) is 58.6 Å². The lowest BCUT2D eigenvalue weighted by atomic mass is 9.99. The highest BCUT2D eigenvalue weighted by Crippen LogP contribution is 2.23. The summed E-state index contributed by atoms with van der Waals surface area (Å²) < 4.78 is 4.79. The van der Waals surface area contributed by atoms with Gasteiger partial charge in [0.15, 0.2) is 0 Å². The number of methoxy groups -OCH3 is 1. The minimum atomic E-state index is -0.181. The quantitative estimate of drug-likeness (QED) is 0.827. The summed E-state index contributed by atoms with van der Waals surface area (Å²) in [5, 5.41) is 4.89. The Morgan fingerprint density at radius 2 is 2.30 bits per heavy atom. The van der Waals surface area contributed by atoms with E-state index in [4.69, 9.17) is 4.74 Å². The van der Waals surface area contributed by atoms with Crippen LogP contribution in [0.25, 0.3) is 0 Å². The van der Waals surface area contributed by atoms with Crippen molar-refractivity contribution in [2.24, 2.45) is 11.8 Å². The Morgan fingerprint density at radius 3 is 2.95 bits per heavy atom. The largest absolute Gasteiger partial charge is 0.469 e. The van der Waals surface area contributed by atoms with E-state index in [9.17, 15) is 9.59 Å². The zero-order chi connectivity index (χ0) is 14.5. The van der Waals surface area contributed by atoms with Gasteiger partial charge in [-0.3, -0.25) is 14.5 Å². The number of ether oxygens (including phenoxy) is 1. The van der Waals surface area contributed by atoms with E-state index in [2.05, 4.69) is 5.32 Å². The molecule has 1 saturated heterocycles. The van der Waals surface area contributed by atoms with Gasteiger partial charge in [0.25, 0.3) is 0 Å². The molecule has 1 N–H and O–H groups in total. The Balaban J connectivity index is 1.76. The minimum Gasteiger partial charge on any atom is -0.469 e. The molecule has 20 heavy (non-hydrogen) atoms. The van der Waals surface area contributed by atoms with E-state index in [1.807, 2.05) is 29.3 Å². The van der Waals surface area contributed by atoms with Crippen molar-refractivity contribution in [2.45, 2.75) is 13.5 Å². The Kier molecular flexibility index (Phi) is 5.14. The fourth-order valence-electron chi connectivity index (χ4n) is 2.51. The van der Waals surface area contributed by atoms with Crippen LogP contribution in [0.3, 0.4) is 0 Å². The summed E-state index contributed by atoms with van der Waals surface area (Å²) in [6, 6.07) is 3.96. The number of hydrogen-bond donors (Lipinski definition) is 1. The van der Waals surface area contributed by atoms with Crippen LogP contribution in [0.15, 0.2) is 17.5 Å². The molecule has 0 spiro atoms. The van der Waals surface area contributed by atoms with Gasteiger partial charge >= 0.3 is 5.97 Å². The Bertz CT molecular complexity index is 461. The zero-order valence-electron chi connectivity index (χ0n) is 11.8. The molecule has 110 valence electrons. The van der Waals surface area contributed by atoms with E-state index in [1.54, 1.807) is 11.3 Å². The average molecular weight is 296 g/mol. The van der Waals surface area contributed by atoms with Crippen molar-refractivity contribution in [2.75, 3.05) is 26.7 Å². The summed E-state index contributed by atoms with van der Waals surface area (Å²) in [6.45, 7) is 4.28. The summed E-state index contributed by atoms with van der Waals surface area (Å²) in [7, 11) is 1.41. The van der Waals surface area contributed by atoms with E-state index in [0.29, 0.717) is 19.6 Å². The first-order valence-electron chi connectivity index (χ1n) is 6.69. The molecule has 2 unspecified atom stereocenters. The fraction of sp³-hybridized carbons (Fsp3) is 0.571. The van der Waals surface area contributed by atoms with Gasteiger partial charge in [0.1, 0.15) is 0 Å². The first-order valence-corrected chi connectivity index (χ1v) is 7.57. The molecular formula is C14H20N2O3S. The van der Waals surface area contributed by atoms with Crippen molar-refractivity contribution in [1.29, 1.82) is 0 Å². The van der Waals surface area contributed by atoms with E-state index in [0.717, 1.165) is 11.4 Å². The maximum Gasteiger partial charge on any atom is 0.310 e. The molecule has 0 bridgehead atoms. The molecule has 2 atom stereocenters. The number of amides is 1. The highest BCUT2D eigenvalue weighted by atomic mass is 32.1. The van der Waals surface area contributed by atoms with E-state index in [-0.39, 0.29) is 23.7 Å². The number of hydrogen-bond acceptors (Lipinski definition) is 5. The highest BCUT2D eigenvalue weighted by Gasteiger charge is 2.35. The van der Waals surface area contributed by atoms with Crippen molar-refractivity contribution in [1.82, 2.24) is 10.2 Å². The fourth-order valence-corrected chi connectivity index (χ4v) is 3.16. The van der Waals surface area contributed by atoms with Crippen LogP contribution in [0, 0.1) is 11.8 Å². The third kappa shape index (κ3) is 3.80. The van der Waals surface area contributed by atoms with Crippen LogP contribution >= 0.6 is 11.3 Å². The number of carbonyl (C=O) groups is 2. The van der Waals surface area contributed by atoms with Gasteiger partial charge < -0.3 is 10.1 Å². The predicted octanol–water partition coefficient (Wildman–Crippen LogP) is 1.11. The zero-order valence-corrected chi connectivity index (χ0v) is 12.6. The second-order valence-electron chi connectivity index (χ2n) is 5.16. The minimum absolute atomic E-state index is 0.00360. The summed E-state index contributed by atoms with van der Waals surface area (Å²) in [5.74, 6) is -0.0762.